The van der Waals surface area contributed by atoms with Gasteiger partial charge in [-0.25, -0.2) is 0 Å². The molecule has 2 atom stereocenters. The van der Waals surface area contributed by atoms with Crippen molar-refractivity contribution >= 4 is 13.3 Å². The zero-order chi connectivity index (χ0) is 12.1. The zero-order valence-corrected chi connectivity index (χ0v) is 10.4. The highest BCUT2D eigenvalue weighted by Gasteiger charge is 2.22. The normalized spacial score (nSPS) is 17.4. The molecule has 5 nitrogen and oxygen atoms in total. The number of carboxylic acid groups (broad SMARTS) is 1. The van der Waals surface area contributed by atoms with E-state index < -0.39 is 19.4 Å². The highest BCUT2D eigenvalue weighted by Crippen LogP contribution is 2.43. The van der Waals surface area contributed by atoms with Gasteiger partial charge < -0.3 is 15.4 Å². The Bertz CT molecular complexity index is 254. The Morgan fingerprint density at radius 2 is 2.07 bits per heavy atom. The predicted octanol–water partition coefficient (Wildman–Crippen LogP) is 1.37. The van der Waals surface area contributed by atoms with E-state index in [1.165, 1.54) is 6.66 Å². The maximum atomic E-state index is 11.8. The minimum Gasteiger partial charge on any atom is -0.481 e. The molecule has 0 saturated carbocycles. The molecule has 0 bridgehead atoms. The Kier molecular flexibility index (Phi) is 6.10. The van der Waals surface area contributed by atoms with Crippen LogP contribution in [0.4, 0.5) is 0 Å². The topological polar surface area (TPSA) is 89.6 Å². The third-order valence-electron chi connectivity index (χ3n) is 1.68. The summed E-state index contributed by atoms with van der Waals surface area (Å²) >= 11 is 0. The van der Waals surface area contributed by atoms with Crippen molar-refractivity contribution in [2.24, 2.45) is 11.7 Å². The summed E-state index contributed by atoms with van der Waals surface area (Å²) < 4.78 is 17.0. The Morgan fingerprint density at radius 1 is 1.53 bits per heavy atom. The average molecular weight is 237 g/mol. The van der Waals surface area contributed by atoms with Gasteiger partial charge >= 0.3 is 5.97 Å². The minimum absolute atomic E-state index is 0.117. The lowest BCUT2D eigenvalue weighted by Gasteiger charge is -2.18. The molecule has 0 heterocycles. The summed E-state index contributed by atoms with van der Waals surface area (Å²) in [5, 5.41) is 8.49. The van der Waals surface area contributed by atoms with Crippen LogP contribution in [-0.4, -0.2) is 36.6 Å². The first kappa shape index (κ1) is 14.6. The highest BCUT2D eigenvalue weighted by molar-refractivity contribution is 7.58. The first-order valence-electron chi connectivity index (χ1n) is 4.91. The second-order valence-electron chi connectivity index (χ2n) is 4.24. The fourth-order valence-electron chi connectivity index (χ4n) is 1.07. The van der Waals surface area contributed by atoms with Crippen LogP contribution in [0.3, 0.4) is 0 Å². The highest BCUT2D eigenvalue weighted by atomic mass is 31.2. The third kappa shape index (κ3) is 8.60. The van der Waals surface area contributed by atoms with Gasteiger partial charge in [-0.3, -0.25) is 9.36 Å². The van der Waals surface area contributed by atoms with Gasteiger partial charge in [0.15, 0.2) is 0 Å². The lowest BCUT2D eigenvalue weighted by molar-refractivity contribution is -0.137. The molecule has 1 unspecified atom stereocenters. The van der Waals surface area contributed by atoms with Crippen molar-refractivity contribution < 1.29 is 19.0 Å². The largest absolute Gasteiger partial charge is 0.481 e. The lowest BCUT2D eigenvalue weighted by Crippen LogP contribution is -2.28. The third-order valence-corrected chi connectivity index (χ3v) is 3.51. The number of carboxylic acids is 1. The van der Waals surface area contributed by atoms with Crippen molar-refractivity contribution in [1.82, 2.24) is 0 Å². The van der Waals surface area contributed by atoms with Gasteiger partial charge in [0, 0.05) is 18.9 Å². The van der Waals surface area contributed by atoms with Crippen molar-refractivity contribution in [3.05, 3.63) is 0 Å². The molecule has 0 saturated heterocycles. The quantitative estimate of drug-likeness (QED) is 0.653. The summed E-state index contributed by atoms with van der Waals surface area (Å²) in [5.41, 5.74) is 5.53. The smallest absolute Gasteiger partial charge is 0.304 e. The molecule has 0 aromatic carbocycles. The molecule has 0 radical (unpaired) electrons. The predicted molar refractivity (Wildman–Crippen MR) is 59.4 cm³/mol. The number of rotatable bonds is 7. The first-order chi connectivity index (χ1) is 6.73. The van der Waals surface area contributed by atoms with E-state index in [2.05, 4.69) is 0 Å². The van der Waals surface area contributed by atoms with Crippen LogP contribution < -0.4 is 5.73 Å². The van der Waals surface area contributed by atoms with E-state index in [1.54, 1.807) is 0 Å². The van der Waals surface area contributed by atoms with Crippen LogP contribution in [0.2, 0.25) is 0 Å². The molecule has 0 spiro atoms. The van der Waals surface area contributed by atoms with Crippen LogP contribution in [0.1, 0.15) is 20.3 Å². The second-order valence-corrected chi connectivity index (χ2v) is 6.90. The van der Waals surface area contributed by atoms with Gasteiger partial charge in [-0.2, -0.15) is 0 Å². The van der Waals surface area contributed by atoms with Crippen molar-refractivity contribution in [1.29, 1.82) is 0 Å². The molecule has 0 aromatic rings. The summed E-state index contributed by atoms with van der Waals surface area (Å²) in [6.45, 7) is 5.82. The van der Waals surface area contributed by atoms with E-state index in [0.717, 1.165) is 0 Å². The van der Waals surface area contributed by atoms with Gasteiger partial charge in [0.2, 0.25) is 7.37 Å². The zero-order valence-electron chi connectivity index (χ0n) is 9.47. The lowest BCUT2D eigenvalue weighted by atomic mass is 10.2. The molecule has 0 aliphatic rings. The van der Waals surface area contributed by atoms with Gasteiger partial charge in [-0.1, -0.05) is 13.8 Å². The van der Waals surface area contributed by atoms with E-state index in [-0.39, 0.29) is 12.6 Å². The van der Waals surface area contributed by atoms with Crippen molar-refractivity contribution in [3.63, 3.8) is 0 Å². The van der Waals surface area contributed by atoms with E-state index >= 15 is 0 Å². The average Bonchev–Trinajstić information content (AvgIpc) is 1.98. The maximum Gasteiger partial charge on any atom is 0.304 e. The molecule has 0 aromatic heterocycles. The summed E-state index contributed by atoms with van der Waals surface area (Å²) in [6.07, 6.45) is -0.0606. The minimum atomic E-state index is -2.75. The number of aliphatic carboxylic acids is 1. The number of carbonyl (C=O) groups is 1. The van der Waals surface area contributed by atoms with E-state index in [9.17, 15) is 9.36 Å². The monoisotopic (exact) mass is 237 g/mol. The summed E-state index contributed by atoms with van der Waals surface area (Å²) in [4.78, 5) is 10.4. The Balaban J connectivity index is 4.01. The van der Waals surface area contributed by atoms with Crippen LogP contribution in [0.25, 0.3) is 0 Å². The van der Waals surface area contributed by atoms with Gasteiger partial charge in [0.05, 0.1) is 13.0 Å². The van der Waals surface area contributed by atoms with Crippen LogP contribution in [0, 0.1) is 5.92 Å². The van der Waals surface area contributed by atoms with Crippen molar-refractivity contribution in [2.45, 2.75) is 26.3 Å². The van der Waals surface area contributed by atoms with Gasteiger partial charge in [0.1, 0.15) is 0 Å². The first-order valence-corrected chi connectivity index (χ1v) is 7.17. The molecule has 6 heteroatoms. The molecule has 0 aliphatic carbocycles. The van der Waals surface area contributed by atoms with Crippen molar-refractivity contribution in [3.8, 4) is 0 Å². The fourth-order valence-corrected chi connectivity index (χ4v) is 2.77. The van der Waals surface area contributed by atoms with Crippen LogP contribution in [-0.2, 0) is 13.9 Å². The fraction of sp³-hybridized carbons (Fsp3) is 0.889. The van der Waals surface area contributed by atoms with Gasteiger partial charge in [0.25, 0.3) is 0 Å². The molecule has 90 valence electrons. The summed E-state index contributed by atoms with van der Waals surface area (Å²) in [5.74, 6) is -0.680. The van der Waals surface area contributed by atoms with E-state index in [1.807, 2.05) is 13.8 Å². The molecular formula is C9H20NO4P. The van der Waals surface area contributed by atoms with E-state index in [0.29, 0.717) is 12.5 Å². The molecule has 0 aliphatic heterocycles. The molecular weight excluding hydrogens is 217 g/mol. The van der Waals surface area contributed by atoms with E-state index in [4.69, 9.17) is 15.4 Å². The number of hydrogen-bond donors (Lipinski definition) is 2. The SMILES string of the molecule is CC(C)COP(C)(=O)C[C@H](N)CC(=O)O. The Morgan fingerprint density at radius 3 is 2.47 bits per heavy atom. The summed E-state index contributed by atoms with van der Waals surface area (Å²) in [7, 11) is -2.75. The molecule has 15 heavy (non-hydrogen) atoms. The molecule has 0 amide bonds. The molecule has 0 rings (SSSR count). The van der Waals surface area contributed by atoms with Crippen LogP contribution in [0.15, 0.2) is 0 Å². The Hall–Kier alpha value is -0.380. The standard InChI is InChI=1S/C9H20NO4P/c1-7(2)5-14-15(3,13)6-8(10)4-9(11)12/h7-8H,4-6,10H2,1-3H3,(H,11,12)/t8-,15?/m1/s1. The second kappa shape index (κ2) is 6.26. The number of hydrogen-bond acceptors (Lipinski definition) is 4. The summed E-state index contributed by atoms with van der Waals surface area (Å²) in [6, 6.07) is -0.606. The van der Waals surface area contributed by atoms with Gasteiger partial charge in [-0.15, -0.1) is 0 Å². The maximum absolute atomic E-state index is 11.8. The number of nitrogens with two attached hydrogens (primary N) is 1. The molecule has 0 fully saturated rings. The van der Waals surface area contributed by atoms with Crippen LogP contribution in [0.5, 0.6) is 0 Å². The Labute approximate surface area is 90.4 Å². The van der Waals surface area contributed by atoms with Gasteiger partial charge in [-0.05, 0) is 5.92 Å². The molecule has 3 N–H and O–H groups in total. The van der Waals surface area contributed by atoms with Crippen LogP contribution >= 0.6 is 7.37 Å². The van der Waals surface area contributed by atoms with Crippen molar-refractivity contribution in [2.75, 3.05) is 19.4 Å².